The predicted octanol–water partition coefficient (Wildman–Crippen LogP) is 9.67. The minimum Gasteiger partial charge on any atom is -0.494 e. The van der Waals surface area contributed by atoms with Gasteiger partial charge in [0.05, 0.1) is 23.1 Å². The first-order chi connectivity index (χ1) is 24.4. The second-order valence-corrected chi connectivity index (χ2v) is 13.3. The number of ether oxygens (including phenoxy) is 2. The van der Waals surface area contributed by atoms with Gasteiger partial charge in [0.2, 0.25) is 0 Å². The van der Waals surface area contributed by atoms with Crippen molar-refractivity contribution in [3.8, 4) is 53.8 Å². The lowest BCUT2D eigenvalue weighted by Crippen LogP contribution is -1.98. The lowest BCUT2D eigenvalue weighted by Gasteiger charge is -2.08. The number of rotatable bonds is 17. The summed E-state index contributed by atoms with van der Waals surface area (Å²) in [5.41, 5.74) is 3.55. The highest BCUT2D eigenvalue weighted by Crippen LogP contribution is 2.33. The molecule has 14 heteroatoms. The minimum atomic E-state index is -0.421. The van der Waals surface area contributed by atoms with Crippen molar-refractivity contribution in [2.45, 2.75) is 38.5 Å². The number of nitro groups is 2. The van der Waals surface area contributed by atoms with Crippen LogP contribution in [0.15, 0.2) is 97.1 Å². The number of aromatic nitrogens is 4. The Morgan fingerprint density at radius 3 is 1.02 bits per heavy atom. The molecule has 0 bridgehead atoms. The van der Waals surface area contributed by atoms with Crippen LogP contribution in [0.2, 0.25) is 0 Å². The van der Waals surface area contributed by atoms with Gasteiger partial charge in [-0.2, -0.15) is 0 Å². The quantitative estimate of drug-likeness (QED) is 0.0508. The third-order valence-electron chi connectivity index (χ3n) is 7.78. The maximum absolute atomic E-state index is 10.9. The highest BCUT2D eigenvalue weighted by atomic mass is 32.1. The van der Waals surface area contributed by atoms with Crippen molar-refractivity contribution in [1.29, 1.82) is 0 Å². The third-order valence-corrected chi connectivity index (χ3v) is 9.82. The van der Waals surface area contributed by atoms with Crippen LogP contribution in [0.4, 0.5) is 11.4 Å². The average molecular weight is 709 g/mol. The van der Waals surface area contributed by atoms with Crippen molar-refractivity contribution in [2.75, 3.05) is 13.2 Å². The number of hydrogen-bond donors (Lipinski definition) is 0. The molecular formula is C36H32N6O6S2. The molecule has 0 atom stereocenters. The predicted molar refractivity (Wildman–Crippen MR) is 194 cm³/mol. The van der Waals surface area contributed by atoms with Crippen molar-refractivity contribution < 1.29 is 19.3 Å². The van der Waals surface area contributed by atoms with E-state index in [4.69, 9.17) is 9.47 Å². The molecule has 0 fully saturated rings. The minimum absolute atomic E-state index is 0.0448. The van der Waals surface area contributed by atoms with Gasteiger partial charge in [-0.1, -0.05) is 48.4 Å². The van der Waals surface area contributed by atoms with E-state index in [1.54, 1.807) is 24.3 Å². The second kappa shape index (κ2) is 16.7. The number of nitro benzene ring substituents is 2. The number of unbranched alkanes of at least 4 members (excludes halogenated alkanes) is 5. The Morgan fingerprint density at radius 1 is 0.440 bits per heavy atom. The summed E-state index contributed by atoms with van der Waals surface area (Å²) in [5.74, 6) is 1.63. The van der Waals surface area contributed by atoms with Crippen LogP contribution in [-0.2, 0) is 0 Å². The molecule has 12 nitrogen and oxygen atoms in total. The third kappa shape index (κ3) is 9.09. The standard InChI is InChI=1S/C36H32N6O6S2/c43-41(44)29-15-7-25(8-16-29)33-37-39-35(49-33)27-11-19-31(20-12-27)47-23-5-3-1-2-4-6-24-48-32-21-13-28(14-22-32)36-40-38-34(50-36)26-9-17-30(18-10-26)42(45)46/h7-22H,1-6,23-24H2. The zero-order valence-electron chi connectivity index (χ0n) is 26.8. The summed E-state index contributed by atoms with van der Waals surface area (Å²) < 4.78 is 11.9. The lowest BCUT2D eigenvalue weighted by atomic mass is 10.1. The summed E-state index contributed by atoms with van der Waals surface area (Å²) in [4.78, 5) is 20.9. The van der Waals surface area contributed by atoms with Crippen LogP contribution < -0.4 is 9.47 Å². The average Bonchev–Trinajstić information content (AvgIpc) is 3.85. The maximum Gasteiger partial charge on any atom is 0.269 e. The van der Waals surface area contributed by atoms with Gasteiger partial charge in [0.15, 0.2) is 0 Å². The van der Waals surface area contributed by atoms with E-state index in [0.717, 1.165) is 82.3 Å². The number of hydrogen-bond acceptors (Lipinski definition) is 12. The van der Waals surface area contributed by atoms with E-state index in [-0.39, 0.29) is 11.4 Å². The molecule has 4 aromatic carbocycles. The van der Waals surface area contributed by atoms with Gasteiger partial charge in [-0.3, -0.25) is 20.2 Å². The van der Waals surface area contributed by atoms with E-state index in [2.05, 4.69) is 20.4 Å². The second-order valence-electron chi connectivity index (χ2n) is 11.3. The summed E-state index contributed by atoms with van der Waals surface area (Å²) in [5, 5.41) is 41.8. The molecule has 50 heavy (non-hydrogen) atoms. The highest BCUT2D eigenvalue weighted by molar-refractivity contribution is 7.18. The molecule has 0 aliphatic rings. The molecule has 0 aliphatic carbocycles. The Labute approximate surface area is 295 Å². The first kappa shape index (κ1) is 34.3. The first-order valence-corrected chi connectivity index (χ1v) is 17.7. The van der Waals surface area contributed by atoms with Crippen molar-refractivity contribution in [3.63, 3.8) is 0 Å². The van der Waals surface area contributed by atoms with Crippen LogP contribution >= 0.6 is 22.7 Å². The topological polar surface area (TPSA) is 156 Å². The van der Waals surface area contributed by atoms with Crippen LogP contribution in [0.5, 0.6) is 11.5 Å². The van der Waals surface area contributed by atoms with Crippen molar-refractivity contribution in [2.24, 2.45) is 0 Å². The van der Waals surface area contributed by atoms with Crippen LogP contribution in [0.25, 0.3) is 42.3 Å². The Hall–Kier alpha value is -5.60. The Kier molecular flexibility index (Phi) is 11.4. The van der Waals surface area contributed by atoms with Gasteiger partial charge in [-0.25, -0.2) is 0 Å². The maximum atomic E-state index is 10.9. The molecule has 0 spiro atoms. The van der Waals surface area contributed by atoms with Gasteiger partial charge in [-0.15, -0.1) is 20.4 Å². The Morgan fingerprint density at radius 2 is 0.720 bits per heavy atom. The molecular weight excluding hydrogens is 677 g/mol. The van der Waals surface area contributed by atoms with E-state index in [9.17, 15) is 20.2 Å². The van der Waals surface area contributed by atoms with Crippen LogP contribution in [0.1, 0.15) is 38.5 Å². The molecule has 0 amide bonds. The monoisotopic (exact) mass is 708 g/mol. The van der Waals surface area contributed by atoms with Gasteiger partial charge in [0.1, 0.15) is 31.5 Å². The van der Waals surface area contributed by atoms with Gasteiger partial charge in [0, 0.05) is 46.5 Å². The molecule has 0 saturated carbocycles. The molecule has 2 aromatic heterocycles. The summed E-state index contributed by atoms with van der Waals surface area (Å²) in [6.45, 7) is 1.33. The molecule has 0 saturated heterocycles. The number of nitrogens with zero attached hydrogens (tertiary/aromatic N) is 6. The normalized spacial score (nSPS) is 11.0. The van der Waals surface area contributed by atoms with Crippen molar-refractivity contribution in [3.05, 3.63) is 117 Å². The molecule has 254 valence electrons. The molecule has 6 rings (SSSR count). The molecule has 2 heterocycles. The first-order valence-electron chi connectivity index (χ1n) is 16.1. The fraction of sp³-hybridized carbons (Fsp3) is 0.222. The number of benzene rings is 4. The summed E-state index contributed by atoms with van der Waals surface area (Å²) in [6, 6.07) is 28.2. The van der Waals surface area contributed by atoms with Crippen LogP contribution in [-0.4, -0.2) is 43.5 Å². The van der Waals surface area contributed by atoms with Gasteiger partial charge < -0.3 is 9.47 Å². The smallest absolute Gasteiger partial charge is 0.269 e. The van der Waals surface area contributed by atoms with E-state index >= 15 is 0 Å². The fourth-order valence-corrected chi connectivity index (χ4v) is 6.75. The molecule has 0 radical (unpaired) electrons. The summed E-state index contributed by atoms with van der Waals surface area (Å²) in [6.07, 6.45) is 6.49. The summed E-state index contributed by atoms with van der Waals surface area (Å²) in [7, 11) is 0. The highest BCUT2D eigenvalue weighted by Gasteiger charge is 2.13. The van der Waals surface area contributed by atoms with E-state index in [1.807, 2.05) is 48.5 Å². The fourth-order valence-electron chi connectivity index (χ4n) is 5.04. The van der Waals surface area contributed by atoms with Crippen molar-refractivity contribution in [1.82, 2.24) is 20.4 Å². The molecule has 0 aliphatic heterocycles. The van der Waals surface area contributed by atoms with E-state index in [1.165, 1.54) is 46.9 Å². The Balaban J connectivity index is 0.829. The zero-order valence-corrected chi connectivity index (χ0v) is 28.5. The SMILES string of the molecule is O=[N+]([O-])c1ccc(-c2nnc(-c3ccc(OCCCCCCCCOc4ccc(-c5nnc(-c6ccc([N+](=O)[O-])cc6)s5)cc4)cc3)s2)cc1. The van der Waals surface area contributed by atoms with Crippen molar-refractivity contribution >= 4 is 34.0 Å². The number of non-ortho nitro benzene ring substituents is 2. The van der Waals surface area contributed by atoms with E-state index in [0.29, 0.717) is 23.2 Å². The zero-order chi connectivity index (χ0) is 34.7. The largest absolute Gasteiger partial charge is 0.494 e. The van der Waals surface area contributed by atoms with Crippen LogP contribution in [0.3, 0.4) is 0 Å². The lowest BCUT2D eigenvalue weighted by molar-refractivity contribution is -0.385. The summed E-state index contributed by atoms with van der Waals surface area (Å²) >= 11 is 2.87. The Bertz CT molecular complexity index is 1870. The van der Waals surface area contributed by atoms with Gasteiger partial charge in [0.25, 0.3) is 11.4 Å². The molecule has 0 N–H and O–H groups in total. The van der Waals surface area contributed by atoms with Crippen LogP contribution in [0, 0.1) is 20.2 Å². The van der Waals surface area contributed by atoms with Gasteiger partial charge >= 0.3 is 0 Å². The van der Waals surface area contributed by atoms with Gasteiger partial charge in [-0.05, 0) is 85.6 Å². The molecule has 6 aromatic rings. The molecule has 0 unspecified atom stereocenters. The van der Waals surface area contributed by atoms with E-state index < -0.39 is 9.85 Å².